The first-order chi connectivity index (χ1) is 10.9. The van der Waals surface area contributed by atoms with Gasteiger partial charge in [0.2, 0.25) is 17.5 Å². The van der Waals surface area contributed by atoms with Crippen molar-refractivity contribution >= 4 is 10.9 Å². The van der Waals surface area contributed by atoms with Gasteiger partial charge in [-0.2, -0.15) is 4.98 Å². The molecular formula is C16H13N5O. The first-order valence-corrected chi connectivity index (χ1v) is 7.05. The molecule has 22 heavy (non-hydrogen) atoms. The number of hydrogen-bond acceptors (Lipinski definition) is 5. The Labute approximate surface area is 126 Å². The number of benzene rings is 1. The quantitative estimate of drug-likeness (QED) is 0.625. The van der Waals surface area contributed by atoms with Crippen molar-refractivity contribution in [3.8, 4) is 11.6 Å². The molecular weight excluding hydrogens is 278 g/mol. The molecule has 1 N–H and O–H groups in total. The number of aromatic nitrogens is 5. The average molecular weight is 291 g/mol. The molecule has 0 amide bonds. The minimum absolute atomic E-state index is 0.425. The van der Waals surface area contributed by atoms with E-state index in [1.54, 1.807) is 18.5 Å². The number of aryl methyl sites for hydroxylation is 2. The number of nitrogens with zero attached hydrogens (tertiary/aromatic N) is 4. The van der Waals surface area contributed by atoms with E-state index in [4.69, 9.17) is 4.52 Å². The monoisotopic (exact) mass is 291 g/mol. The number of rotatable bonds is 4. The standard InChI is InChI=1S/C16H13N5O/c1-2-5-13-12(4-1)11(10-19-13)6-7-14-20-16(21-22-14)15-17-8-3-9-18-15/h1-5,8-10,19H,6-7H2. The third kappa shape index (κ3) is 2.35. The van der Waals surface area contributed by atoms with Gasteiger partial charge >= 0.3 is 0 Å². The number of hydrogen-bond donors (Lipinski definition) is 1. The van der Waals surface area contributed by atoms with Gasteiger partial charge in [0.05, 0.1) is 0 Å². The molecule has 108 valence electrons. The molecule has 4 rings (SSSR count). The second-order valence-corrected chi connectivity index (χ2v) is 4.94. The molecule has 1 aromatic carbocycles. The highest BCUT2D eigenvalue weighted by molar-refractivity contribution is 5.83. The third-order valence-corrected chi connectivity index (χ3v) is 3.52. The molecule has 3 aromatic heterocycles. The van der Waals surface area contributed by atoms with Gasteiger partial charge in [-0.1, -0.05) is 23.4 Å². The highest BCUT2D eigenvalue weighted by Gasteiger charge is 2.11. The van der Waals surface area contributed by atoms with Gasteiger partial charge < -0.3 is 9.51 Å². The number of nitrogens with one attached hydrogen (secondary N) is 1. The van der Waals surface area contributed by atoms with E-state index in [9.17, 15) is 0 Å². The summed E-state index contributed by atoms with van der Waals surface area (Å²) in [6.45, 7) is 0. The number of aromatic amines is 1. The van der Waals surface area contributed by atoms with Gasteiger partial charge in [-0.3, -0.25) is 0 Å². The Hall–Kier alpha value is -3.02. The van der Waals surface area contributed by atoms with Crippen molar-refractivity contribution in [1.29, 1.82) is 0 Å². The Morgan fingerprint density at radius 2 is 1.82 bits per heavy atom. The summed E-state index contributed by atoms with van der Waals surface area (Å²) >= 11 is 0. The molecule has 6 nitrogen and oxygen atoms in total. The van der Waals surface area contributed by atoms with E-state index in [1.807, 2.05) is 18.3 Å². The van der Waals surface area contributed by atoms with Crippen molar-refractivity contribution in [1.82, 2.24) is 25.1 Å². The molecule has 0 atom stereocenters. The predicted octanol–water partition coefficient (Wildman–Crippen LogP) is 2.79. The Morgan fingerprint density at radius 3 is 2.73 bits per heavy atom. The SMILES string of the molecule is c1cnc(-c2noc(CCc3c[nH]c4ccccc34)n2)nc1. The normalized spacial score (nSPS) is 11.1. The first-order valence-electron chi connectivity index (χ1n) is 7.05. The Morgan fingerprint density at radius 1 is 0.955 bits per heavy atom. The van der Waals surface area contributed by atoms with Gasteiger partial charge in [-0.25, -0.2) is 9.97 Å². The van der Waals surface area contributed by atoms with Crippen LogP contribution in [0.25, 0.3) is 22.6 Å². The van der Waals surface area contributed by atoms with Crippen LogP contribution in [0, 0.1) is 0 Å². The second kappa shape index (κ2) is 5.40. The van der Waals surface area contributed by atoms with E-state index in [-0.39, 0.29) is 0 Å². The van der Waals surface area contributed by atoms with Gasteiger partial charge in [-0.05, 0) is 24.1 Å². The highest BCUT2D eigenvalue weighted by atomic mass is 16.5. The minimum Gasteiger partial charge on any atom is -0.361 e. The molecule has 0 fully saturated rings. The summed E-state index contributed by atoms with van der Waals surface area (Å²) in [6.07, 6.45) is 6.86. The predicted molar refractivity (Wildman–Crippen MR) is 81.0 cm³/mol. The molecule has 6 heteroatoms. The molecule has 0 aliphatic heterocycles. The Bertz CT molecular complexity index is 897. The van der Waals surface area contributed by atoms with Crippen LogP contribution in [-0.2, 0) is 12.8 Å². The van der Waals surface area contributed by atoms with Crippen molar-refractivity contribution in [2.24, 2.45) is 0 Å². The van der Waals surface area contributed by atoms with Crippen LogP contribution in [-0.4, -0.2) is 25.1 Å². The van der Waals surface area contributed by atoms with Crippen LogP contribution in [0.4, 0.5) is 0 Å². The lowest BCUT2D eigenvalue weighted by molar-refractivity contribution is 0.378. The number of fused-ring (bicyclic) bond motifs is 1. The molecule has 0 aliphatic carbocycles. The summed E-state index contributed by atoms with van der Waals surface area (Å²) in [6, 6.07) is 9.99. The van der Waals surface area contributed by atoms with E-state index in [2.05, 4.69) is 37.2 Å². The fourth-order valence-electron chi connectivity index (χ4n) is 2.44. The van der Waals surface area contributed by atoms with Gasteiger partial charge in [0.25, 0.3) is 0 Å². The lowest BCUT2D eigenvalue weighted by Crippen LogP contribution is -1.92. The van der Waals surface area contributed by atoms with Crippen LogP contribution in [0.5, 0.6) is 0 Å². The molecule has 0 radical (unpaired) electrons. The second-order valence-electron chi connectivity index (χ2n) is 4.94. The van der Waals surface area contributed by atoms with Gasteiger partial charge in [-0.15, -0.1) is 0 Å². The van der Waals surface area contributed by atoms with Crippen molar-refractivity contribution in [3.05, 3.63) is 60.4 Å². The van der Waals surface area contributed by atoms with E-state index >= 15 is 0 Å². The maximum absolute atomic E-state index is 5.28. The molecule has 0 saturated heterocycles. The van der Waals surface area contributed by atoms with E-state index in [0.717, 1.165) is 11.9 Å². The maximum atomic E-state index is 5.28. The molecule has 3 heterocycles. The van der Waals surface area contributed by atoms with Crippen LogP contribution < -0.4 is 0 Å². The van der Waals surface area contributed by atoms with Crippen molar-refractivity contribution in [3.63, 3.8) is 0 Å². The Kier molecular flexibility index (Phi) is 3.12. The lowest BCUT2D eigenvalue weighted by atomic mass is 10.1. The lowest BCUT2D eigenvalue weighted by Gasteiger charge is -1.95. The summed E-state index contributed by atoms with van der Waals surface area (Å²) in [5.41, 5.74) is 2.38. The topological polar surface area (TPSA) is 80.5 Å². The van der Waals surface area contributed by atoms with Gasteiger partial charge in [0, 0.05) is 35.9 Å². The van der Waals surface area contributed by atoms with E-state index in [0.29, 0.717) is 24.0 Å². The Balaban J connectivity index is 1.52. The average Bonchev–Trinajstić information content (AvgIpc) is 3.21. The summed E-state index contributed by atoms with van der Waals surface area (Å²) in [5, 5.41) is 5.16. The third-order valence-electron chi connectivity index (χ3n) is 3.52. The van der Waals surface area contributed by atoms with Gasteiger partial charge in [0.15, 0.2) is 0 Å². The number of para-hydroxylation sites is 1. The van der Waals surface area contributed by atoms with E-state index < -0.39 is 0 Å². The molecule has 0 spiro atoms. The summed E-state index contributed by atoms with van der Waals surface area (Å²) in [4.78, 5) is 15.8. The van der Waals surface area contributed by atoms with Gasteiger partial charge in [0.1, 0.15) is 0 Å². The van der Waals surface area contributed by atoms with Crippen LogP contribution in [0.15, 0.2) is 53.4 Å². The van der Waals surface area contributed by atoms with Crippen LogP contribution >= 0.6 is 0 Å². The number of H-pyrrole nitrogens is 1. The molecule has 0 saturated carbocycles. The molecule has 4 aromatic rings. The van der Waals surface area contributed by atoms with Crippen molar-refractivity contribution in [2.75, 3.05) is 0 Å². The van der Waals surface area contributed by atoms with Crippen molar-refractivity contribution in [2.45, 2.75) is 12.8 Å². The highest BCUT2D eigenvalue weighted by Crippen LogP contribution is 2.19. The van der Waals surface area contributed by atoms with Crippen LogP contribution in [0.2, 0.25) is 0 Å². The fraction of sp³-hybridized carbons (Fsp3) is 0.125. The largest absolute Gasteiger partial charge is 0.361 e. The summed E-state index contributed by atoms with van der Waals surface area (Å²) in [5.74, 6) is 1.49. The summed E-state index contributed by atoms with van der Waals surface area (Å²) in [7, 11) is 0. The zero-order valence-electron chi connectivity index (χ0n) is 11.7. The first kappa shape index (κ1) is 12.7. The minimum atomic E-state index is 0.425. The zero-order valence-corrected chi connectivity index (χ0v) is 11.7. The zero-order chi connectivity index (χ0) is 14.8. The molecule has 0 unspecified atom stereocenters. The summed E-state index contributed by atoms with van der Waals surface area (Å²) < 4.78 is 5.28. The molecule has 0 bridgehead atoms. The molecule has 0 aliphatic rings. The fourth-order valence-corrected chi connectivity index (χ4v) is 2.44. The van der Waals surface area contributed by atoms with Crippen LogP contribution in [0.1, 0.15) is 11.5 Å². The van der Waals surface area contributed by atoms with Crippen LogP contribution in [0.3, 0.4) is 0 Å². The van der Waals surface area contributed by atoms with Crippen molar-refractivity contribution < 1.29 is 4.52 Å². The van der Waals surface area contributed by atoms with E-state index in [1.165, 1.54) is 10.9 Å². The maximum Gasteiger partial charge on any atom is 0.240 e. The smallest absolute Gasteiger partial charge is 0.240 e.